The number of rotatable bonds is 7. The van der Waals surface area contributed by atoms with E-state index in [0.29, 0.717) is 0 Å². The van der Waals surface area contributed by atoms with E-state index in [1.54, 1.807) is 25.1 Å². The fraction of sp³-hybridized carbons (Fsp3) is 0. The van der Waals surface area contributed by atoms with E-state index in [1.807, 2.05) is 73.2 Å². The molecule has 0 fully saturated rings. The van der Waals surface area contributed by atoms with Crippen LogP contribution in [-0.4, -0.2) is 42.6 Å². The first kappa shape index (κ1) is 68.7. The first-order chi connectivity index (χ1) is 60.1. The number of fused-ring (bicyclic) bond motifs is 24. The molecule has 0 atom stereocenters. The van der Waals surface area contributed by atoms with Gasteiger partial charge < -0.3 is 31.4 Å². The van der Waals surface area contributed by atoms with Crippen molar-refractivity contribution in [1.82, 2.24) is 42.6 Å². The Hall–Kier alpha value is -16.6. The Morgan fingerprint density at radius 1 is 0.264 bits per heavy atom. The van der Waals surface area contributed by atoms with E-state index in [-0.39, 0.29) is 0 Å². The van der Waals surface area contributed by atoms with Crippen molar-refractivity contribution in [3.8, 4) is 56.5 Å². The van der Waals surface area contributed by atoms with Crippen LogP contribution in [0.25, 0.3) is 226 Å². The smallest absolute Gasteiger partial charge is 0.143 e. The third kappa shape index (κ3) is 11.2. The number of furan rings is 4. The Kier molecular flexibility index (Phi) is 16.0. The molecule has 27 rings (SSSR count). The van der Waals surface area contributed by atoms with Gasteiger partial charge in [0.1, 0.15) is 33.8 Å². The lowest BCUT2D eigenvalue weighted by Gasteiger charge is -2.10. The van der Waals surface area contributed by atoms with Gasteiger partial charge in [0.05, 0.1) is 119 Å². The van der Waals surface area contributed by atoms with Gasteiger partial charge >= 0.3 is 0 Å². The van der Waals surface area contributed by atoms with Crippen LogP contribution in [0, 0.1) is 0 Å². The lowest BCUT2D eigenvalue weighted by atomic mass is 10.0. The molecule has 0 saturated carbocycles. The summed E-state index contributed by atoms with van der Waals surface area (Å²) in [6, 6.07) is 125. The molecule has 0 N–H and O–H groups in total. The molecule has 0 amide bonds. The fourth-order valence-corrected chi connectivity index (χ4v) is 18.4. The monoisotopic (exact) mass is 1550 g/mol. The summed E-state index contributed by atoms with van der Waals surface area (Å²) in [5.41, 5.74) is 25.8. The molecule has 14 aromatic carbocycles. The summed E-state index contributed by atoms with van der Waals surface area (Å²) in [7, 11) is 0. The van der Waals surface area contributed by atoms with E-state index in [1.165, 1.54) is 38.0 Å². The summed E-state index contributed by atoms with van der Waals surface area (Å²) in [5, 5.41) is 18.5. The van der Waals surface area contributed by atoms with Gasteiger partial charge in [-0.05, 0) is 181 Å². The summed E-state index contributed by atoms with van der Waals surface area (Å²) < 4.78 is 34.8. The minimum absolute atomic E-state index is 0.917. The zero-order valence-corrected chi connectivity index (χ0v) is 64.8. The Morgan fingerprint density at radius 3 is 1.29 bits per heavy atom. The Balaban J connectivity index is 0.0000000924. The van der Waals surface area contributed by atoms with Crippen LogP contribution in [-0.2, 0) is 0 Å². The zero-order chi connectivity index (χ0) is 79.6. The number of aromatic nitrogens is 9. The second-order valence-corrected chi connectivity index (χ2v) is 30.4. The molecule has 0 aliphatic carbocycles. The van der Waals surface area contributed by atoms with Crippen molar-refractivity contribution in [1.29, 1.82) is 0 Å². The number of pyridine rings is 4. The van der Waals surface area contributed by atoms with Crippen LogP contribution < -0.4 is 0 Å². The van der Waals surface area contributed by atoms with Crippen molar-refractivity contribution in [2.45, 2.75) is 0 Å². The molecule has 27 aromatic rings. The first-order valence-electron chi connectivity index (χ1n) is 40.4. The van der Waals surface area contributed by atoms with Crippen LogP contribution >= 0.6 is 0 Å². The van der Waals surface area contributed by atoms with Crippen molar-refractivity contribution >= 4 is 169 Å². The zero-order valence-electron chi connectivity index (χ0n) is 64.8. The van der Waals surface area contributed by atoms with E-state index in [4.69, 9.17) is 27.6 Å². The van der Waals surface area contributed by atoms with Crippen molar-refractivity contribution in [2.75, 3.05) is 0 Å². The molecule has 568 valence electrons. The van der Waals surface area contributed by atoms with Gasteiger partial charge in [0, 0.05) is 112 Å². The molecule has 0 aliphatic rings. The first-order valence-corrected chi connectivity index (χ1v) is 40.4. The van der Waals surface area contributed by atoms with Gasteiger partial charge in [-0.25, -0.2) is 9.97 Å². The SMILES string of the molecule is c1cc(-n2c3ccccc3c3c4occc4ccc32)c2cccnc2c1.c1ccc(-c2nc3ccccn3c2-c2ccc(-n3c4ccccc4c4c5occc5ccc43)cc2)cc1.c1ccc2cc(-n3c4ccccc4c4c5occc5ccc43)ncc2c1.c1cnc2c(-c3ccc(-n4c5ccccc5c5c6occc6ccc54)cc3)cccc2c1. The highest BCUT2D eigenvalue weighted by Crippen LogP contribution is 2.44. The average Bonchev–Trinajstić information content (AvgIpc) is 1.58. The number of benzene rings is 14. The third-order valence-corrected chi connectivity index (χ3v) is 23.8. The summed E-state index contributed by atoms with van der Waals surface area (Å²) in [5.74, 6) is 0.917. The van der Waals surface area contributed by atoms with Crippen molar-refractivity contribution in [3.05, 3.63) is 408 Å². The molecule has 13 heterocycles. The maximum atomic E-state index is 5.93. The highest BCUT2D eigenvalue weighted by Gasteiger charge is 2.24. The van der Waals surface area contributed by atoms with Gasteiger partial charge in [-0.3, -0.25) is 18.9 Å². The van der Waals surface area contributed by atoms with Crippen LogP contribution in [0.3, 0.4) is 0 Å². The summed E-state index contributed by atoms with van der Waals surface area (Å²) in [6.45, 7) is 0. The fourth-order valence-electron chi connectivity index (χ4n) is 18.4. The minimum atomic E-state index is 0.917. The lowest BCUT2D eigenvalue weighted by Crippen LogP contribution is -1.96. The number of imidazole rings is 1. The topological polar surface area (TPSA) is 128 Å². The molecule has 13 heteroatoms. The molecule has 0 bridgehead atoms. The summed E-state index contributed by atoms with van der Waals surface area (Å²) >= 11 is 0. The molecule has 0 radical (unpaired) electrons. The Morgan fingerprint density at radius 2 is 0.711 bits per heavy atom. The van der Waals surface area contributed by atoms with Gasteiger partial charge in [-0.2, -0.15) is 0 Å². The van der Waals surface area contributed by atoms with Gasteiger partial charge in [-0.15, -0.1) is 0 Å². The van der Waals surface area contributed by atoms with Gasteiger partial charge in [0.15, 0.2) is 0 Å². The van der Waals surface area contributed by atoms with E-state index < -0.39 is 0 Å². The normalized spacial score (nSPS) is 11.8. The lowest BCUT2D eigenvalue weighted by molar-refractivity contribution is 0.619. The molecule has 13 nitrogen and oxygen atoms in total. The second kappa shape index (κ2) is 28.1. The standard InChI is InChI=1S/C33H21N3O.C29H18N2O.2C23H14N2O/c1-2-8-22(9-3-1)31-32(35-20-7-6-12-29(35)34-31)23-13-16-25(17-14-23)36-27-11-5-4-10-26(27)30-28(36)18-15-24-19-21-37-33(24)30;1-2-9-25-24(7-1)27-26(15-12-21-16-18-32-29(21)27)31(25)22-13-10-19(11-14-22)23-8-3-5-20-6-4-17-30-28(20)23;1-2-8-20-17(5-1)22-21(11-10-15-12-14-26-23(15)22)25(20)19-9-3-7-18-16(19)6-4-13-24-18;1-2-6-17-14-24-21(13-16(17)5-1)25-19-8-4-3-7-18(19)22-20(25)10-9-15-11-12-26-23(15)22/h1-21H;1-18H;2*1-14H. The quantitative estimate of drug-likeness (QED) is 0.154. The van der Waals surface area contributed by atoms with Crippen LogP contribution in [0.5, 0.6) is 0 Å². The third-order valence-electron chi connectivity index (χ3n) is 23.8. The van der Waals surface area contributed by atoms with E-state index in [2.05, 4.69) is 342 Å². The summed E-state index contributed by atoms with van der Waals surface area (Å²) in [6.07, 6.45) is 14.8. The van der Waals surface area contributed by atoms with Gasteiger partial charge in [0.2, 0.25) is 0 Å². The molecular formula is C108H67N9O4. The maximum absolute atomic E-state index is 5.93. The molecular weight excluding hydrogens is 1490 g/mol. The molecule has 0 spiro atoms. The number of hydrogen-bond donors (Lipinski definition) is 0. The van der Waals surface area contributed by atoms with E-state index >= 15 is 0 Å². The largest absolute Gasteiger partial charge is 0.464 e. The number of para-hydroxylation sites is 5. The van der Waals surface area contributed by atoms with Crippen LogP contribution in [0.1, 0.15) is 0 Å². The van der Waals surface area contributed by atoms with E-state index in [0.717, 1.165) is 188 Å². The van der Waals surface area contributed by atoms with Gasteiger partial charge in [0.25, 0.3) is 0 Å². The molecule has 0 unspecified atom stereocenters. The maximum Gasteiger partial charge on any atom is 0.143 e. The van der Waals surface area contributed by atoms with Crippen LogP contribution in [0.4, 0.5) is 0 Å². The minimum Gasteiger partial charge on any atom is -0.464 e. The van der Waals surface area contributed by atoms with Crippen molar-refractivity contribution < 1.29 is 17.7 Å². The van der Waals surface area contributed by atoms with E-state index in [9.17, 15) is 0 Å². The van der Waals surface area contributed by atoms with Crippen LogP contribution in [0.15, 0.2) is 425 Å². The highest BCUT2D eigenvalue weighted by atomic mass is 16.3. The van der Waals surface area contributed by atoms with Crippen molar-refractivity contribution in [3.63, 3.8) is 0 Å². The predicted octanol–water partition coefficient (Wildman–Crippen LogP) is 28.4. The van der Waals surface area contributed by atoms with Gasteiger partial charge in [-0.1, -0.05) is 188 Å². The molecule has 0 saturated heterocycles. The Labute approximate surface area is 689 Å². The number of hydrogen-bond acceptors (Lipinski definition) is 8. The Bertz CT molecular complexity index is 8730. The predicted molar refractivity (Wildman–Crippen MR) is 493 cm³/mol. The van der Waals surface area contributed by atoms with Crippen molar-refractivity contribution in [2.24, 2.45) is 0 Å². The average molecular weight is 1550 g/mol. The molecule has 0 aliphatic heterocycles. The summed E-state index contributed by atoms with van der Waals surface area (Å²) in [4.78, 5) is 18.9. The van der Waals surface area contributed by atoms with Crippen LogP contribution in [0.2, 0.25) is 0 Å². The number of nitrogens with zero attached hydrogens (tertiary/aromatic N) is 9. The molecule has 13 aromatic heterocycles. The highest BCUT2D eigenvalue weighted by molar-refractivity contribution is 6.23. The molecule has 121 heavy (non-hydrogen) atoms. The second-order valence-electron chi connectivity index (χ2n) is 30.4.